The Morgan fingerprint density at radius 2 is 2.04 bits per heavy atom. The van der Waals surface area contributed by atoms with Gasteiger partial charge < -0.3 is 40.4 Å². The first-order chi connectivity index (χ1) is 11.2. The molecule has 0 aromatic rings. The van der Waals surface area contributed by atoms with Crippen LogP contribution in [0.3, 0.4) is 0 Å². The number of aliphatic hydroxyl groups is 2. The molecule has 2 aliphatic heterocycles. The molecule has 24 heavy (non-hydrogen) atoms. The van der Waals surface area contributed by atoms with E-state index in [9.17, 15) is 4.79 Å². The highest BCUT2D eigenvalue weighted by Gasteiger charge is 2.41. The molecule has 136 valence electrons. The maximum atomic E-state index is 12.2. The Morgan fingerprint density at radius 1 is 1.50 bits per heavy atom. The molecule has 1 atom stereocenters. The summed E-state index contributed by atoms with van der Waals surface area (Å²) < 4.78 is 5.36. The molecule has 2 rings (SSSR count). The third-order valence-electron chi connectivity index (χ3n) is 3.32. The smallest absolute Gasteiger partial charge is 0.371 e. The number of rotatable bonds is 5. The Kier molecular flexibility index (Phi) is 7.10. The van der Waals surface area contributed by atoms with Crippen LogP contribution in [0.25, 0.3) is 0 Å². The van der Waals surface area contributed by atoms with Crippen LogP contribution in [0.2, 0.25) is 0 Å². The van der Waals surface area contributed by atoms with Gasteiger partial charge >= 0.3 is 11.9 Å². The number of quaternary nitrogens is 1. The number of nitrogens with two attached hydrogens (primary N) is 1. The van der Waals surface area contributed by atoms with E-state index in [2.05, 4.69) is 4.99 Å². The molecule has 0 saturated heterocycles. The molecule has 11 nitrogen and oxygen atoms in total. The fraction of sp³-hybridized carbons (Fsp3) is 0.615. The van der Waals surface area contributed by atoms with E-state index in [1.165, 1.54) is 0 Å². The fourth-order valence-electron chi connectivity index (χ4n) is 2.07. The number of guanidine groups is 1. The molecule has 1 amide bonds. The maximum Gasteiger partial charge on any atom is 0.371 e. The second-order valence-electron chi connectivity index (χ2n) is 5.28. The van der Waals surface area contributed by atoms with E-state index in [0.717, 1.165) is 6.92 Å². The lowest BCUT2D eigenvalue weighted by Crippen LogP contribution is -3.16. The molecule has 0 bridgehead atoms. The largest absolute Gasteiger partial charge is 0.550 e. The van der Waals surface area contributed by atoms with Gasteiger partial charge in [0.25, 0.3) is 0 Å². The van der Waals surface area contributed by atoms with Crippen LogP contribution in [-0.4, -0.2) is 84.7 Å². The van der Waals surface area contributed by atoms with Crippen LogP contribution in [0.4, 0.5) is 0 Å². The van der Waals surface area contributed by atoms with Crippen molar-refractivity contribution in [2.75, 3.05) is 40.7 Å². The van der Waals surface area contributed by atoms with Crippen molar-refractivity contribution in [2.45, 2.75) is 13.0 Å². The van der Waals surface area contributed by atoms with Gasteiger partial charge in [0, 0.05) is 13.0 Å². The van der Waals surface area contributed by atoms with Crippen LogP contribution in [0.1, 0.15) is 6.92 Å². The minimum absolute atomic E-state index is 0.109. The average Bonchev–Trinajstić information content (AvgIpc) is 2.81. The van der Waals surface area contributed by atoms with E-state index in [1.54, 1.807) is 23.9 Å². The van der Waals surface area contributed by atoms with Crippen LogP contribution in [0, 0.1) is 0 Å². The lowest BCUT2D eigenvalue weighted by Gasteiger charge is -2.22. The Bertz CT molecular complexity index is 541. The Morgan fingerprint density at radius 3 is 2.54 bits per heavy atom. The normalized spacial score (nSPS) is 20.0. The lowest BCUT2D eigenvalue weighted by molar-refractivity contribution is -0.696. The van der Waals surface area contributed by atoms with E-state index >= 15 is 0 Å². The molecule has 0 radical (unpaired) electrons. The van der Waals surface area contributed by atoms with Gasteiger partial charge in [-0.15, -0.1) is 0 Å². The first-order valence-electron chi connectivity index (χ1n) is 7.16. The predicted octanol–water partition coefficient (Wildman–Crippen LogP) is -5.19. The quantitative estimate of drug-likeness (QED) is 0.382. The molecule has 1 unspecified atom stereocenters. The van der Waals surface area contributed by atoms with E-state index in [0.29, 0.717) is 23.1 Å². The Labute approximate surface area is 139 Å². The molecule has 0 aromatic heterocycles. The number of likely N-dealkylation sites (N-methyl/N-ethyl adjacent to an activating group) is 2. The SMILES string of the molecule is CC(=O)[O-].CN1CN(COC(CO)CO)C2=C1C(=O)[NH+](C)C(N)=N2. The maximum absolute atomic E-state index is 12.2. The van der Waals surface area contributed by atoms with Gasteiger partial charge in [-0.05, 0) is 6.92 Å². The number of hydrogen-bond donors (Lipinski definition) is 4. The molecular weight excluding hydrogens is 322 g/mol. The van der Waals surface area contributed by atoms with Gasteiger partial charge in [-0.25, -0.2) is 9.69 Å². The van der Waals surface area contributed by atoms with Crippen LogP contribution in [0.15, 0.2) is 16.5 Å². The number of nitrogens with zero attached hydrogens (tertiary/aromatic N) is 3. The van der Waals surface area contributed by atoms with Gasteiger partial charge in [-0.3, -0.25) is 0 Å². The number of aliphatic carboxylic acids is 1. The predicted molar refractivity (Wildman–Crippen MR) is 79.6 cm³/mol. The van der Waals surface area contributed by atoms with Crippen LogP contribution in [0.5, 0.6) is 0 Å². The van der Waals surface area contributed by atoms with Crippen molar-refractivity contribution < 1.29 is 34.5 Å². The summed E-state index contributed by atoms with van der Waals surface area (Å²) in [5.41, 5.74) is 6.22. The molecule has 2 heterocycles. The third kappa shape index (κ3) is 4.64. The molecule has 0 aliphatic carbocycles. The summed E-state index contributed by atoms with van der Waals surface area (Å²) in [7, 11) is 3.43. The molecule has 0 fully saturated rings. The van der Waals surface area contributed by atoms with Crippen molar-refractivity contribution in [1.29, 1.82) is 0 Å². The highest BCUT2D eigenvalue weighted by Crippen LogP contribution is 2.24. The zero-order valence-corrected chi connectivity index (χ0v) is 13.9. The summed E-state index contributed by atoms with van der Waals surface area (Å²) in [6.07, 6.45) is -0.654. The van der Waals surface area contributed by atoms with Crippen LogP contribution >= 0.6 is 0 Å². The van der Waals surface area contributed by atoms with Crippen molar-refractivity contribution in [3.8, 4) is 0 Å². The first-order valence-corrected chi connectivity index (χ1v) is 7.16. The summed E-state index contributed by atoms with van der Waals surface area (Å²) >= 11 is 0. The number of hydrogen-bond acceptors (Lipinski definition) is 10. The van der Waals surface area contributed by atoms with Gasteiger partial charge in [-0.2, -0.15) is 4.99 Å². The highest BCUT2D eigenvalue weighted by atomic mass is 16.5. The van der Waals surface area contributed by atoms with Gasteiger partial charge in [0.15, 0.2) is 11.5 Å². The average molecular weight is 345 g/mol. The van der Waals surface area contributed by atoms with E-state index in [4.69, 9.17) is 30.6 Å². The van der Waals surface area contributed by atoms with Gasteiger partial charge in [0.05, 0.1) is 26.9 Å². The number of nitrogens with one attached hydrogen (secondary N) is 1. The highest BCUT2D eigenvalue weighted by molar-refractivity contribution is 5.96. The number of carbonyl (C=O) groups excluding carboxylic acids is 2. The van der Waals surface area contributed by atoms with Crippen LogP contribution < -0.4 is 15.7 Å². The fourth-order valence-corrected chi connectivity index (χ4v) is 2.07. The van der Waals surface area contributed by atoms with Crippen molar-refractivity contribution in [3.05, 3.63) is 11.5 Å². The summed E-state index contributed by atoms with van der Waals surface area (Å²) in [4.78, 5) is 29.2. The summed E-state index contributed by atoms with van der Waals surface area (Å²) in [6, 6.07) is 0. The molecule has 0 saturated carbocycles. The summed E-state index contributed by atoms with van der Waals surface area (Å²) in [5, 5.41) is 26.8. The third-order valence-corrected chi connectivity index (χ3v) is 3.32. The number of aliphatic hydroxyl groups excluding tert-OH is 2. The summed E-state index contributed by atoms with van der Waals surface area (Å²) in [6.45, 7) is 0.967. The van der Waals surface area contributed by atoms with Crippen molar-refractivity contribution >= 4 is 17.8 Å². The second kappa shape index (κ2) is 8.59. The number of carboxylic acids is 1. The van der Waals surface area contributed by atoms with E-state index in [-0.39, 0.29) is 31.8 Å². The van der Waals surface area contributed by atoms with E-state index in [1.807, 2.05) is 0 Å². The van der Waals surface area contributed by atoms with Crippen molar-refractivity contribution in [2.24, 2.45) is 10.7 Å². The molecule has 11 heteroatoms. The van der Waals surface area contributed by atoms with Crippen molar-refractivity contribution in [1.82, 2.24) is 9.80 Å². The monoisotopic (exact) mass is 345 g/mol. The molecular formula is C13H23N5O6. The van der Waals surface area contributed by atoms with Gasteiger partial charge in [0.2, 0.25) is 0 Å². The Hall–Kier alpha value is -2.21. The number of carboxylic acid groups (broad SMARTS) is 1. The first kappa shape index (κ1) is 19.8. The topological polar surface area (TPSA) is 156 Å². The molecule has 5 N–H and O–H groups in total. The summed E-state index contributed by atoms with van der Waals surface area (Å²) in [5.74, 6) is -0.552. The molecule has 0 spiro atoms. The number of aliphatic imine (C=N–C) groups is 1. The zero-order valence-electron chi connectivity index (χ0n) is 13.9. The number of carbonyl (C=O) groups is 2. The molecule has 0 aromatic carbocycles. The minimum Gasteiger partial charge on any atom is -0.550 e. The minimum atomic E-state index is -1.08. The Balaban J connectivity index is 0.000000648. The second-order valence-corrected chi connectivity index (χ2v) is 5.28. The number of ether oxygens (including phenoxy) is 1. The lowest BCUT2D eigenvalue weighted by atomic mass is 10.3. The van der Waals surface area contributed by atoms with Crippen molar-refractivity contribution in [3.63, 3.8) is 0 Å². The van der Waals surface area contributed by atoms with E-state index < -0.39 is 12.1 Å². The number of amides is 1. The standard InChI is InChI=1S/C11H19N5O4.C2H4O2/c1-14-5-16(6-20-7(3-17)4-18)9-8(14)10(19)15(2)11(12)13-9;1-2(3)4/h7,17-18H,3-6H2,1-2H3,(H2,12,13);1H3,(H,3,4). The van der Waals surface area contributed by atoms with Crippen LogP contribution in [-0.2, 0) is 14.3 Å². The molecule has 2 aliphatic rings. The zero-order chi connectivity index (χ0) is 18.4. The van der Waals surface area contributed by atoms with Gasteiger partial charge in [0.1, 0.15) is 12.8 Å². The van der Waals surface area contributed by atoms with Gasteiger partial charge in [-0.1, -0.05) is 0 Å².